The van der Waals surface area contributed by atoms with Gasteiger partial charge in [0.05, 0.1) is 0 Å². The van der Waals surface area contributed by atoms with E-state index in [0.717, 1.165) is 0 Å². The van der Waals surface area contributed by atoms with Crippen LogP contribution in [0.25, 0.3) is 23.1 Å². The maximum atomic E-state index is 3.41. The lowest BCUT2D eigenvalue weighted by atomic mass is 10.1. The molecule has 0 radical (unpaired) electrons. The number of nitrogens with one attached hydrogen (secondary N) is 1. The summed E-state index contributed by atoms with van der Waals surface area (Å²) in [7, 11) is 0. The molecule has 1 aromatic carbocycles. The van der Waals surface area contributed by atoms with Gasteiger partial charge in [0.2, 0.25) is 0 Å². The number of benzene rings is 1. The highest BCUT2D eigenvalue weighted by Gasteiger charge is 2.04. The lowest BCUT2D eigenvalue weighted by Crippen LogP contribution is -1.74. The molecule has 1 N–H and O–H groups in total. The van der Waals surface area contributed by atoms with Crippen LogP contribution in [0, 0.1) is 0 Å². The van der Waals surface area contributed by atoms with Crippen molar-refractivity contribution < 1.29 is 0 Å². The van der Waals surface area contributed by atoms with Gasteiger partial charge in [0.25, 0.3) is 0 Å². The average Bonchev–Trinajstić information content (AvgIpc) is 2.59. The Labute approximate surface area is 90.1 Å². The van der Waals surface area contributed by atoms with Crippen LogP contribution < -0.4 is 0 Å². The van der Waals surface area contributed by atoms with Gasteiger partial charge < -0.3 is 4.98 Å². The van der Waals surface area contributed by atoms with Gasteiger partial charge in [-0.05, 0) is 26.0 Å². The number of allylic oxidation sites excluding steroid dienone is 2. The summed E-state index contributed by atoms with van der Waals surface area (Å²) in [6.07, 6.45) is 8.38. The molecule has 0 spiro atoms. The Hall–Kier alpha value is -1.76. The Morgan fingerprint density at radius 2 is 1.73 bits per heavy atom. The Morgan fingerprint density at radius 3 is 2.47 bits per heavy atom. The van der Waals surface area contributed by atoms with E-state index in [1.54, 1.807) is 0 Å². The zero-order chi connectivity index (χ0) is 10.7. The number of fused-ring (bicyclic) bond motifs is 1. The fourth-order valence-electron chi connectivity index (χ4n) is 1.83. The number of rotatable bonds is 2. The van der Waals surface area contributed by atoms with Gasteiger partial charge in [-0.25, -0.2) is 0 Å². The van der Waals surface area contributed by atoms with Crippen molar-refractivity contribution in [1.82, 2.24) is 4.98 Å². The van der Waals surface area contributed by atoms with E-state index in [9.17, 15) is 0 Å². The molecule has 76 valence electrons. The monoisotopic (exact) mass is 197 g/mol. The highest BCUT2D eigenvalue weighted by Crippen LogP contribution is 2.24. The minimum Gasteiger partial charge on any atom is -0.355 e. The largest absolute Gasteiger partial charge is 0.355 e. The molecule has 0 aliphatic heterocycles. The van der Waals surface area contributed by atoms with Crippen LogP contribution in [0.4, 0.5) is 0 Å². The van der Waals surface area contributed by atoms with E-state index in [4.69, 9.17) is 0 Å². The number of hydrogen-bond donors (Lipinski definition) is 1. The van der Waals surface area contributed by atoms with Crippen molar-refractivity contribution in [2.45, 2.75) is 13.8 Å². The molecule has 0 unspecified atom stereocenters. The minimum atomic E-state index is 1.18. The van der Waals surface area contributed by atoms with Crippen molar-refractivity contribution in [1.29, 1.82) is 0 Å². The van der Waals surface area contributed by atoms with Gasteiger partial charge in [0, 0.05) is 22.2 Å². The van der Waals surface area contributed by atoms with Crippen LogP contribution in [0.5, 0.6) is 0 Å². The molecule has 1 aromatic heterocycles. The molecule has 0 bridgehead atoms. The molecular formula is C14H15N. The lowest BCUT2D eigenvalue weighted by Gasteiger charge is -1.92. The Kier molecular flexibility index (Phi) is 2.72. The summed E-state index contributed by atoms with van der Waals surface area (Å²) in [5, 5.41) is 1.28. The molecule has 0 amide bonds. The summed E-state index contributed by atoms with van der Waals surface area (Å²) >= 11 is 0. The van der Waals surface area contributed by atoms with E-state index < -0.39 is 0 Å². The van der Waals surface area contributed by atoms with Gasteiger partial charge in [-0.15, -0.1) is 0 Å². The summed E-state index contributed by atoms with van der Waals surface area (Å²) in [5.41, 5.74) is 3.64. The molecule has 0 saturated heterocycles. The zero-order valence-corrected chi connectivity index (χ0v) is 9.12. The summed E-state index contributed by atoms with van der Waals surface area (Å²) in [5.74, 6) is 0. The molecule has 1 heterocycles. The first-order chi connectivity index (χ1) is 7.36. The number of aromatic amines is 1. The van der Waals surface area contributed by atoms with Gasteiger partial charge in [-0.1, -0.05) is 36.4 Å². The molecule has 15 heavy (non-hydrogen) atoms. The number of aromatic nitrogens is 1. The van der Waals surface area contributed by atoms with Crippen LogP contribution in [0.1, 0.15) is 25.1 Å². The van der Waals surface area contributed by atoms with Gasteiger partial charge in [-0.2, -0.15) is 0 Å². The molecule has 2 aromatic rings. The van der Waals surface area contributed by atoms with E-state index >= 15 is 0 Å². The summed E-state index contributed by atoms with van der Waals surface area (Å²) in [6, 6.07) is 8.38. The molecule has 0 fully saturated rings. The van der Waals surface area contributed by atoms with Gasteiger partial charge in [-0.3, -0.25) is 0 Å². The number of hydrogen-bond acceptors (Lipinski definition) is 0. The topological polar surface area (TPSA) is 15.8 Å². The fourth-order valence-corrected chi connectivity index (χ4v) is 1.83. The quantitative estimate of drug-likeness (QED) is 0.741. The average molecular weight is 197 g/mol. The second-order valence-electron chi connectivity index (χ2n) is 3.50. The van der Waals surface area contributed by atoms with E-state index in [-0.39, 0.29) is 0 Å². The standard InChI is InChI=1S/C14H15N/c1-3-7-11-12-9-5-6-10-14(12)15-13(11)8-4-2/h3-10,15H,1-2H3/b7-3-,8-4-. The normalized spacial score (nSPS) is 12.1. The van der Waals surface area contributed by atoms with E-state index in [0.29, 0.717) is 0 Å². The van der Waals surface area contributed by atoms with Crippen molar-refractivity contribution in [3.8, 4) is 0 Å². The van der Waals surface area contributed by atoms with Crippen molar-refractivity contribution in [2.75, 3.05) is 0 Å². The third kappa shape index (κ3) is 1.73. The van der Waals surface area contributed by atoms with Gasteiger partial charge in [0.15, 0.2) is 0 Å². The number of para-hydroxylation sites is 1. The Morgan fingerprint density at radius 1 is 1.00 bits per heavy atom. The Balaban J connectivity index is 2.74. The van der Waals surface area contributed by atoms with Crippen LogP contribution in [0.15, 0.2) is 36.4 Å². The van der Waals surface area contributed by atoms with E-state index in [1.807, 2.05) is 13.8 Å². The summed E-state index contributed by atoms with van der Waals surface area (Å²) in [4.78, 5) is 3.41. The SMILES string of the molecule is C/C=C\c1[nH]c2ccccc2c1/C=C\C. The fraction of sp³-hybridized carbons (Fsp3) is 0.143. The zero-order valence-electron chi connectivity index (χ0n) is 9.12. The molecule has 1 heteroatoms. The van der Waals surface area contributed by atoms with Crippen molar-refractivity contribution in [3.05, 3.63) is 47.7 Å². The maximum absolute atomic E-state index is 3.41. The van der Waals surface area contributed by atoms with E-state index in [2.05, 4.69) is 53.6 Å². The van der Waals surface area contributed by atoms with Crippen molar-refractivity contribution >= 4 is 23.1 Å². The highest BCUT2D eigenvalue weighted by atomic mass is 14.7. The summed E-state index contributed by atoms with van der Waals surface area (Å²) in [6.45, 7) is 4.08. The molecule has 0 aliphatic rings. The first kappa shape index (κ1) is 9.78. The first-order valence-electron chi connectivity index (χ1n) is 5.23. The second-order valence-corrected chi connectivity index (χ2v) is 3.50. The van der Waals surface area contributed by atoms with Crippen LogP contribution in [-0.2, 0) is 0 Å². The van der Waals surface area contributed by atoms with E-state index in [1.165, 1.54) is 22.2 Å². The van der Waals surface area contributed by atoms with Crippen molar-refractivity contribution in [2.24, 2.45) is 0 Å². The first-order valence-corrected chi connectivity index (χ1v) is 5.23. The summed E-state index contributed by atoms with van der Waals surface area (Å²) < 4.78 is 0. The van der Waals surface area contributed by atoms with Crippen molar-refractivity contribution in [3.63, 3.8) is 0 Å². The predicted molar refractivity (Wildman–Crippen MR) is 67.7 cm³/mol. The smallest absolute Gasteiger partial charge is 0.0464 e. The molecular weight excluding hydrogens is 182 g/mol. The third-order valence-corrected chi connectivity index (χ3v) is 2.44. The molecule has 1 nitrogen and oxygen atoms in total. The lowest BCUT2D eigenvalue weighted by molar-refractivity contribution is 1.42. The Bertz CT molecular complexity index is 515. The molecule has 0 saturated carbocycles. The maximum Gasteiger partial charge on any atom is 0.0464 e. The molecule has 2 rings (SSSR count). The predicted octanol–water partition coefficient (Wildman–Crippen LogP) is 4.23. The molecule has 0 aliphatic carbocycles. The van der Waals surface area contributed by atoms with Crippen LogP contribution in [0.2, 0.25) is 0 Å². The molecule has 0 atom stereocenters. The second kappa shape index (κ2) is 4.18. The van der Waals surface area contributed by atoms with Gasteiger partial charge in [0.1, 0.15) is 0 Å². The van der Waals surface area contributed by atoms with Crippen LogP contribution >= 0.6 is 0 Å². The third-order valence-electron chi connectivity index (χ3n) is 2.44. The highest BCUT2D eigenvalue weighted by molar-refractivity contribution is 5.93. The van der Waals surface area contributed by atoms with Gasteiger partial charge >= 0.3 is 0 Å². The van der Waals surface area contributed by atoms with Crippen LogP contribution in [-0.4, -0.2) is 4.98 Å². The minimum absolute atomic E-state index is 1.18. The van der Waals surface area contributed by atoms with Crippen LogP contribution in [0.3, 0.4) is 0 Å². The number of H-pyrrole nitrogens is 1.